The molecular weight excluding hydrogens is 198 g/mol. The molecule has 1 aromatic carbocycles. The van der Waals surface area contributed by atoms with Crippen LogP contribution in [0.25, 0.3) is 0 Å². The number of rotatable bonds is 3. The van der Waals surface area contributed by atoms with Crippen LogP contribution in [0.3, 0.4) is 0 Å². The maximum Gasteiger partial charge on any atom is 0.0233 e. The normalized spacial score (nSPS) is 22.9. The molecule has 0 saturated carbocycles. The molecule has 0 amide bonds. The number of hydrazine groups is 1. The fourth-order valence-electron chi connectivity index (χ4n) is 2.32. The monoisotopic (exact) mass is 219 g/mol. The molecule has 3 N–H and O–H groups in total. The highest BCUT2D eigenvalue weighted by Gasteiger charge is 2.15. The number of benzene rings is 1. The maximum atomic E-state index is 5.50. The molecule has 3 nitrogen and oxygen atoms in total. The number of nitrogens with two attached hydrogens (primary N) is 1. The van der Waals surface area contributed by atoms with Crippen LogP contribution < -0.4 is 11.3 Å². The first kappa shape index (κ1) is 11.6. The largest absolute Gasteiger partial charge is 0.299 e. The molecule has 1 aliphatic rings. The zero-order valence-electron chi connectivity index (χ0n) is 9.73. The van der Waals surface area contributed by atoms with Gasteiger partial charge in [-0.15, -0.1) is 0 Å². The van der Waals surface area contributed by atoms with Gasteiger partial charge in [0.05, 0.1) is 0 Å². The molecular formula is C13H21N3. The Labute approximate surface area is 97.6 Å². The summed E-state index contributed by atoms with van der Waals surface area (Å²) in [5.74, 6) is 5.50. The molecule has 1 aromatic rings. The Bertz CT molecular complexity index is 299. The second kappa shape index (κ2) is 5.99. The highest BCUT2D eigenvalue weighted by Crippen LogP contribution is 2.13. The quantitative estimate of drug-likeness (QED) is 0.598. The van der Waals surface area contributed by atoms with Gasteiger partial charge >= 0.3 is 0 Å². The standard InChI is InChI=1S/C13H21N3/c14-15-13-7-4-9-16(10-8-13)11-12-5-2-1-3-6-12/h1-3,5-6,13,15H,4,7-11,14H2. The highest BCUT2D eigenvalue weighted by atomic mass is 15.2. The van der Waals surface area contributed by atoms with Gasteiger partial charge in [-0.1, -0.05) is 30.3 Å². The lowest BCUT2D eigenvalue weighted by atomic mass is 10.1. The summed E-state index contributed by atoms with van der Waals surface area (Å²) >= 11 is 0. The molecule has 1 atom stereocenters. The third kappa shape index (κ3) is 3.30. The van der Waals surface area contributed by atoms with Gasteiger partial charge in [0.1, 0.15) is 0 Å². The van der Waals surface area contributed by atoms with E-state index in [2.05, 4.69) is 40.7 Å². The van der Waals surface area contributed by atoms with Gasteiger partial charge in [-0.25, -0.2) is 0 Å². The average Bonchev–Trinajstić information content (AvgIpc) is 2.56. The zero-order valence-corrected chi connectivity index (χ0v) is 9.73. The van der Waals surface area contributed by atoms with Crippen molar-refractivity contribution >= 4 is 0 Å². The van der Waals surface area contributed by atoms with Crippen molar-refractivity contribution < 1.29 is 0 Å². The van der Waals surface area contributed by atoms with E-state index in [1.807, 2.05) is 0 Å². The minimum Gasteiger partial charge on any atom is -0.299 e. The van der Waals surface area contributed by atoms with Gasteiger partial charge in [-0.2, -0.15) is 0 Å². The minimum absolute atomic E-state index is 0.501. The SMILES string of the molecule is NNC1CCCN(Cc2ccccc2)CC1. The van der Waals surface area contributed by atoms with Gasteiger partial charge in [0.25, 0.3) is 0 Å². The second-order valence-corrected chi connectivity index (χ2v) is 4.56. The van der Waals surface area contributed by atoms with Crippen molar-refractivity contribution in [3.05, 3.63) is 35.9 Å². The van der Waals surface area contributed by atoms with Crippen molar-refractivity contribution in [2.24, 2.45) is 5.84 Å². The van der Waals surface area contributed by atoms with E-state index in [0.29, 0.717) is 6.04 Å². The van der Waals surface area contributed by atoms with Crippen LogP contribution in [0.4, 0.5) is 0 Å². The zero-order chi connectivity index (χ0) is 11.2. The number of hydrogen-bond acceptors (Lipinski definition) is 3. The van der Waals surface area contributed by atoms with Crippen LogP contribution in [-0.4, -0.2) is 24.0 Å². The summed E-state index contributed by atoms with van der Waals surface area (Å²) in [6.07, 6.45) is 3.59. The van der Waals surface area contributed by atoms with Crippen LogP contribution in [0.15, 0.2) is 30.3 Å². The Morgan fingerprint density at radius 1 is 1.19 bits per heavy atom. The molecule has 1 saturated heterocycles. The Morgan fingerprint density at radius 2 is 2.00 bits per heavy atom. The Balaban J connectivity index is 1.86. The smallest absolute Gasteiger partial charge is 0.0233 e. The summed E-state index contributed by atoms with van der Waals surface area (Å²) in [5.41, 5.74) is 4.31. The van der Waals surface area contributed by atoms with Crippen LogP contribution >= 0.6 is 0 Å². The van der Waals surface area contributed by atoms with E-state index in [4.69, 9.17) is 5.84 Å². The Kier molecular flexibility index (Phi) is 4.34. The summed E-state index contributed by atoms with van der Waals surface area (Å²) in [4.78, 5) is 2.52. The number of hydrogen-bond donors (Lipinski definition) is 2. The molecule has 3 heteroatoms. The lowest BCUT2D eigenvalue weighted by Crippen LogP contribution is -2.35. The molecule has 2 rings (SSSR count). The summed E-state index contributed by atoms with van der Waals surface area (Å²) in [6, 6.07) is 11.2. The van der Waals surface area contributed by atoms with Gasteiger partial charge in [-0.3, -0.25) is 16.2 Å². The van der Waals surface area contributed by atoms with Crippen LogP contribution in [0.2, 0.25) is 0 Å². The predicted octanol–water partition coefficient (Wildman–Crippen LogP) is 1.50. The molecule has 1 unspecified atom stereocenters. The fraction of sp³-hybridized carbons (Fsp3) is 0.538. The molecule has 16 heavy (non-hydrogen) atoms. The van der Waals surface area contributed by atoms with Crippen LogP contribution in [0.5, 0.6) is 0 Å². The van der Waals surface area contributed by atoms with Crippen molar-refractivity contribution in [2.45, 2.75) is 31.8 Å². The molecule has 1 fully saturated rings. The first-order chi connectivity index (χ1) is 7.88. The van der Waals surface area contributed by atoms with E-state index in [9.17, 15) is 0 Å². The molecule has 0 radical (unpaired) electrons. The highest BCUT2D eigenvalue weighted by molar-refractivity contribution is 5.14. The van der Waals surface area contributed by atoms with E-state index >= 15 is 0 Å². The lowest BCUT2D eigenvalue weighted by Gasteiger charge is -2.20. The van der Waals surface area contributed by atoms with E-state index in [-0.39, 0.29) is 0 Å². The van der Waals surface area contributed by atoms with Gasteiger partial charge in [-0.05, 0) is 31.4 Å². The second-order valence-electron chi connectivity index (χ2n) is 4.56. The fourth-order valence-corrected chi connectivity index (χ4v) is 2.32. The summed E-state index contributed by atoms with van der Waals surface area (Å²) in [5, 5.41) is 0. The van der Waals surface area contributed by atoms with Crippen molar-refractivity contribution in [2.75, 3.05) is 13.1 Å². The van der Waals surface area contributed by atoms with Crippen molar-refractivity contribution in [3.63, 3.8) is 0 Å². The first-order valence-electron chi connectivity index (χ1n) is 6.11. The molecule has 0 aromatic heterocycles. The van der Waals surface area contributed by atoms with Gasteiger partial charge < -0.3 is 0 Å². The number of nitrogens with zero attached hydrogens (tertiary/aromatic N) is 1. The molecule has 0 bridgehead atoms. The minimum atomic E-state index is 0.501. The predicted molar refractivity (Wildman–Crippen MR) is 66.7 cm³/mol. The van der Waals surface area contributed by atoms with Crippen LogP contribution in [0.1, 0.15) is 24.8 Å². The van der Waals surface area contributed by atoms with Gasteiger partial charge in [0, 0.05) is 19.1 Å². The third-order valence-electron chi connectivity index (χ3n) is 3.31. The third-order valence-corrected chi connectivity index (χ3v) is 3.31. The molecule has 0 aliphatic carbocycles. The van der Waals surface area contributed by atoms with E-state index < -0.39 is 0 Å². The van der Waals surface area contributed by atoms with Crippen LogP contribution in [0, 0.1) is 0 Å². The van der Waals surface area contributed by atoms with Crippen molar-refractivity contribution in [3.8, 4) is 0 Å². The lowest BCUT2D eigenvalue weighted by molar-refractivity contribution is 0.274. The summed E-state index contributed by atoms with van der Waals surface area (Å²) < 4.78 is 0. The van der Waals surface area contributed by atoms with E-state index in [1.165, 1.54) is 24.9 Å². The Morgan fingerprint density at radius 3 is 2.75 bits per heavy atom. The molecule has 0 spiro atoms. The maximum absolute atomic E-state index is 5.50. The summed E-state index contributed by atoms with van der Waals surface area (Å²) in [6.45, 7) is 3.40. The van der Waals surface area contributed by atoms with Gasteiger partial charge in [0.2, 0.25) is 0 Å². The Hall–Kier alpha value is -0.900. The number of nitrogens with one attached hydrogen (secondary N) is 1. The van der Waals surface area contributed by atoms with Crippen molar-refractivity contribution in [1.82, 2.24) is 10.3 Å². The number of likely N-dealkylation sites (tertiary alicyclic amines) is 1. The summed E-state index contributed by atoms with van der Waals surface area (Å²) in [7, 11) is 0. The molecule has 88 valence electrons. The topological polar surface area (TPSA) is 41.3 Å². The van der Waals surface area contributed by atoms with Crippen LogP contribution in [-0.2, 0) is 6.54 Å². The van der Waals surface area contributed by atoms with E-state index in [1.54, 1.807) is 0 Å². The molecule has 1 aliphatic heterocycles. The van der Waals surface area contributed by atoms with Crippen molar-refractivity contribution in [1.29, 1.82) is 0 Å². The first-order valence-corrected chi connectivity index (χ1v) is 6.11. The average molecular weight is 219 g/mol. The molecule has 1 heterocycles. The van der Waals surface area contributed by atoms with Gasteiger partial charge in [0.15, 0.2) is 0 Å². The van der Waals surface area contributed by atoms with E-state index in [0.717, 1.165) is 19.5 Å².